The molecule has 0 heterocycles. The van der Waals surface area contributed by atoms with E-state index in [0.29, 0.717) is 10.2 Å². The maximum atomic E-state index is 10.4. The summed E-state index contributed by atoms with van der Waals surface area (Å²) in [5.74, 6) is 0. The van der Waals surface area contributed by atoms with Crippen molar-refractivity contribution in [2.75, 3.05) is 4.61 Å². The first kappa shape index (κ1) is 11.3. The first-order valence-electron chi connectivity index (χ1n) is 3.86. The topological polar surface area (TPSA) is 55.8 Å². The van der Waals surface area contributed by atoms with Gasteiger partial charge in [0, 0.05) is 5.56 Å². The lowest BCUT2D eigenvalue weighted by atomic mass is 10.2. The van der Waals surface area contributed by atoms with E-state index in [1.54, 1.807) is 24.3 Å². The zero-order valence-corrected chi connectivity index (χ0v) is 9.38. The molecular weight excluding hydrogens is 299 g/mol. The zero-order valence-electron chi connectivity index (χ0n) is 7.22. The van der Waals surface area contributed by atoms with Crippen LogP contribution in [0.4, 0.5) is 4.79 Å². The van der Waals surface area contributed by atoms with Gasteiger partial charge in [0.25, 0.3) is 0 Å². The highest BCUT2D eigenvalue weighted by atomic mass is 127. The fourth-order valence-corrected chi connectivity index (χ4v) is 1.28. The summed E-state index contributed by atoms with van der Waals surface area (Å²) in [6.07, 6.45) is -2.19. The molecule has 1 aromatic rings. The van der Waals surface area contributed by atoms with Crippen LogP contribution in [0.25, 0.3) is 0 Å². The smallest absolute Gasteiger partial charge is 0.450 e. The lowest BCUT2D eigenvalue weighted by Crippen LogP contribution is -2.11. The number of carbonyl (C=O) groups is 1. The Morgan fingerprint density at radius 2 is 2.07 bits per heavy atom. The fourth-order valence-electron chi connectivity index (χ4n) is 0.957. The number of halogens is 1. The summed E-state index contributed by atoms with van der Waals surface area (Å²) in [5.41, 5.74) is 0.687. The molecule has 0 saturated heterocycles. The van der Waals surface area contributed by atoms with Crippen LogP contribution in [0.2, 0.25) is 0 Å². The quantitative estimate of drug-likeness (QED) is 0.402. The second-order valence-electron chi connectivity index (χ2n) is 2.40. The van der Waals surface area contributed by atoms with Crippen LogP contribution in [0.3, 0.4) is 0 Å². The fraction of sp³-hybridized carbons (Fsp3) is 0.222. The highest BCUT2D eigenvalue weighted by Gasteiger charge is 2.15. The predicted octanol–water partition coefficient (Wildman–Crippen LogP) is 2.79. The molecule has 0 fully saturated rings. The monoisotopic (exact) mass is 308 g/mol. The van der Waals surface area contributed by atoms with Gasteiger partial charge >= 0.3 is 6.16 Å². The van der Waals surface area contributed by atoms with Gasteiger partial charge in [0.1, 0.15) is 4.61 Å². The Morgan fingerprint density at radius 3 is 2.57 bits per heavy atom. The Bertz CT molecular complexity index is 288. The molecular formula is C9H9IO4. The minimum absolute atomic E-state index is 0.366. The van der Waals surface area contributed by atoms with E-state index < -0.39 is 12.4 Å². The van der Waals surface area contributed by atoms with Crippen LogP contribution >= 0.6 is 22.6 Å². The van der Waals surface area contributed by atoms with Gasteiger partial charge in [-0.3, -0.25) is 0 Å². The van der Waals surface area contributed by atoms with E-state index in [2.05, 4.69) is 4.74 Å². The summed E-state index contributed by atoms with van der Waals surface area (Å²) in [6.45, 7) is 0. The Balaban J connectivity index is 2.72. The molecule has 0 aromatic heterocycles. The van der Waals surface area contributed by atoms with Crippen molar-refractivity contribution in [3.63, 3.8) is 0 Å². The summed E-state index contributed by atoms with van der Waals surface area (Å²) in [5, 5.41) is 8.47. The van der Waals surface area contributed by atoms with Crippen molar-refractivity contribution in [1.29, 1.82) is 0 Å². The molecule has 1 aromatic carbocycles. The average molecular weight is 308 g/mol. The molecule has 0 aliphatic rings. The van der Waals surface area contributed by atoms with Crippen LogP contribution < -0.4 is 0 Å². The molecule has 1 unspecified atom stereocenters. The van der Waals surface area contributed by atoms with E-state index in [1.165, 1.54) is 0 Å². The van der Waals surface area contributed by atoms with Crippen molar-refractivity contribution in [3.05, 3.63) is 35.9 Å². The van der Waals surface area contributed by atoms with Crippen molar-refractivity contribution < 1.29 is 19.4 Å². The molecule has 0 spiro atoms. The minimum atomic E-state index is -1.34. The number of carboxylic acid groups (broad SMARTS) is 1. The summed E-state index contributed by atoms with van der Waals surface area (Å²) < 4.78 is 10.1. The van der Waals surface area contributed by atoms with E-state index in [1.807, 2.05) is 28.7 Å². The van der Waals surface area contributed by atoms with E-state index in [4.69, 9.17) is 9.84 Å². The maximum absolute atomic E-state index is 10.4. The first-order valence-corrected chi connectivity index (χ1v) is 5.38. The molecule has 0 aliphatic carbocycles. The molecule has 0 aliphatic heterocycles. The Morgan fingerprint density at radius 1 is 1.43 bits per heavy atom. The number of hydrogen-bond acceptors (Lipinski definition) is 3. The molecule has 76 valence electrons. The van der Waals surface area contributed by atoms with Crippen molar-refractivity contribution in [1.82, 2.24) is 0 Å². The van der Waals surface area contributed by atoms with Crippen LogP contribution in [0.1, 0.15) is 11.9 Å². The van der Waals surface area contributed by atoms with Gasteiger partial charge < -0.3 is 14.6 Å². The summed E-state index contributed by atoms with van der Waals surface area (Å²) in [4.78, 5) is 10.4. The molecule has 0 amide bonds. The van der Waals surface area contributed by atoms with Crippen LogP contribution in [0, 0.1) is 0 Å². The van der Waals surface area contributed by atoms with Gasteiger partial charge in [-0.05, 0) is 0 Å². The minimum Gasteiger partial charge on any atom is -0.450 e. The molecule has 5 heteroatoms. The lowest BCUT2D eigenvalue weighted by Gasteiger charge is -2.14. The molecule has 1 rings (SSSR count). The normalized spacial score (nSPS) is 12.1. The van der Waals surface area contributed by atoms with Crippen LogP contribution in [0.5, 0.6) is 0 Å². The van der Waals surface area contributed by atoms with Crippen molar-refractivity contribution in [3.8, 4) is 0 Å². The van der Waals surface area contributed by atoms with Crippen molar-refractivity contribution in [2.45, 2.75) is 6.29 Å². The van der Waals surface area contributed by atoms with Crippen molar-refractivity contribution in [2.24, 2.45) is 0 Å². The molecule has 0 saturated carbocycles. The lowest BCUT2D eigenvalue weighted by molar-refractivity contribution is -0.102. The van der Waals surface area contributed by atoms with Crippen LogP contribution in [-0.2, 0) is 9.47 Å². The van der Waals surface area contributed by atoms with Gasteiger partial charge in [-0.15, -0.1) is 0 Å². The molecule has 1 atom stereocenters. The third kappa shape index (κ3) is 3.51. The third-order valence-electron chi connectivity index (χ3n) is 1.49. The average Bonchev–Trinajstić information content (AvgIpc) is 2.18. The zero-order chi connectivity index (χ0) is 10.4. The number of benzene rings is 1. The maximum Gasteiger partial charge on any atom is 0.508 e. The van der Waals surface area contributed by atoms with Gasteiger partial charge in [0.2, 0.25) is 6.29 Å². The van der Waals surface area contributed by atoms with E-state index >= 15 is 0 Å². The Labute approximate surface area is 95.0 Å². The van der Waals surface area contributed by atoms with Crippen LogP contribution in [0.15, 0.2) is 30.3 Å². The second-order valence-corrected chi connectivity index (χ2v) is 3.02. The molecule has 0 radical (unpaired) electrons. The molecule has 0 bridgehead atoms. The highest BCUT2D eigenvalue weighted by Crippen LogP contribution is 2.19. The number of ether oxygens (including phenoxy) is 2. The van der Waals surface area contributed by atoms with Gasteiger partial charge in [-0.2, -0.15) is 0 Å². The predicted molar refractivity (Wildman–Crippen MR) is 58.3 cm³/mol. The Hall–Kier alpha value is -0.820. The van der Waals surface area contributed by atoms with E-state index in [0.717, 1.165) is 0 Å². The number of rotatable bonds is 4. The molecule has 4 nitrogen and oxygen atoms in total. The summed E-state index contributed by atoms with van der Waals surface area (Å²) >= 11 is 1.98. The summed E-state index contributed by atoms with van der Waals surface area (Å²) in [7, 11) is 0. The molecule has 14 heavy (non-hydrogen) atoms. The first-order chi connectivity index (χ1) is 6.74. The van der Waals surface area contributed by atoms with Crippen LogP contribution in [-0.4, -0.2) is 15.9 Å². The molecule has 1 N–H and O–H groups in total. The van der Waals surface area contributed by atoms with Gasteiger partial charge in [0.15, 0.2) is 0 Å². The standard InChI is InChI=1S/C9H9IO4/c10-6-13-8(14-9(11)12)7-4-2-1-3-5-7/h1-5,8H,6H2,(H,11,12). The van der Waals surface area contributed by atoms with E-state index in [-0.39, 0.29) is 0 Å². The van der Waals surface area contributed by atoms with Gasteiger partial charge in [-0.1, -0.05) is 52.9 Å². The highest BCUT2D eigenvalue weighted by molar-refractivity contribution is 14.1. The SMILES string of the molecule is O=C(O)OC(OCI)c1ccccc1. The third-order valence-corrected chi connectivity index (χ3v) is 1.85. The number of hydrogen-bond donors (Lipinski definition) is 1. The number of alkyl halides is 1. The van der Waals surface area contributed by atoms with E-state index in [9.17, 15) is 4.79 Å². The Kier molecular flexibility index (Phi) is 4.68. The van der Waals surface area contributed by atoms with Crippen molar-refractivity contribution >= 4 is 28.7 Å². The van der Waals surface area contributed by atoms with Gasteiger partial charge in [-0.25, -0.2) is 4.79 Å². The van der Waals surface area contributed by atoms with Gasteiger partial charge in [0.05, 0.1) is 0 Å². The second kappa shape index (κ2) is 5.82. The largest absolute Gasteiger partial charge is 0.508 e. The summed E-state index contributed by atoms with van der Waals surface area (Å²) in [6, 6.07) is 8.93.